The summed E-state index contributed by atoms with van der Waals surface area (Å²) in [6.07, 6.45) is 0. The van der Waals surface area contributed by atoms with E-state index in [1.165, 1.54) is 0 Å². The van der Waals surface area contributed by atoms with Crippen molar-refractivity contribution in [3.8, 4) is 0 Å². The van der Waals surface area contributed by atoms with Crippen molar-refractivity contribution < 1.29 is 0 Å². The smallest absolute Gasteiger partial charge is 0.164 e. The molecule has 12 N–H and O–H groups in total. The van der Waals surface area contributed by atoms with Crippen molar-refractivity contribution in [2.75, 3.05) is 19.6 Å². The fourth-order valence-electron chi connectivity index (χ4n) is 1.79. The SMILES string of the molecule is CC1(C(N)CN)N=C(C(N)CN)C(C(N)CN)=N1. The Morgan fingerprint density at radius 1 is 0.889 bits per heavy atom. The van der Waals surface area contributed by atoms with E-state index in [0.717, 1.165) is 0 Å². The zero-order chi connectivity index (χ0) is 13.9. The first-order chi connectivity index (χ1) is 8.39. The molecule has 0 fully saturated rings. The van der Waals surface area contributed by atoms with Crippen LogP contribution in [0.2, 0.25) is 0 Å². The highest BCUT2D eigenvalue weighted by atomic mass is 15.2. The number of rotatable bonds is 6. The van der Waals surface area contributed by atoms with Gasteiger partial charge < -0.3 is 34.4 Å². The number of aliphatic imine (C=N–C) groups is 2. The molecule has 8 nitrogen and oxygen atoms in total. The van der Waals surface area contributed by atoms with Crippen LogP contribution in [0.25, 0.3) is 0 Å². The number of hydrogen-bond donors (Lipinski definition) is 6. The van der Waals surface area contributed by atoms with Gasteiger partial charge in [0.05, 0.1) is 29.5 Å². The fraction of sp³-hybridized carbons (Fsp3) is 0.800. The van der Waals surface area contributed by atoms with Gasteiger partial charge in [0, 0.05) is 19.6 Å². The Kier molecular flexibility index (Phi) is 4.91. The highest BCUT2D eigenvalue weighted by molar-refractivity contribution is 6.47. The van der Waals surface area contributed by atoms with Gasteiger partial charge in [-0.1, -0.05) is 0 Å². The molecule has 1 heterocycles. The minimum Gasteiger partial charge on any atom is -0.329 e. The van der Waals surface area contributed by atoms with Crippen molar-refractivity contribution in [2.24, 2.45) is 44.4 Å². The summed E-state index contributed by atoms with van der Waals surface area (Å²) in [4.78, 5) is 8.96. The molecular formula is C10H24N8. The summed E-state index contributed by atoms with van der Waals surface area (Å²) in [7, 11) is 0. The molecule has 0 aromatic rings. The Balaban J connectivity index is 3.14. The van der Waals surface area contributed by atoms with Gasteiger partial charge in [0.2, 0.25) is 0 Å². The maximum Gasteiger partial charge on any atom is 0.164 e. The lowest BCUT2D eigenvalue weighted by Gasteiger charge is -2.24. The average Bonchev–Trinajstić information content (AvgIpc) is 2.75. The molecular weight excluding hydrogens is 232 g/mol. The van der Waals surface area contributed by atoms with Crippen LogP contribution in [0, 0.1) is 0 Å². The summed E-state index contributed by atoms with van der Waals surface area (Å²) in [5.41, 5.74) is 34.8. The molecule has 0 bridgehead atoms. The summed E-state index contributed by atoms with van der Waals surface area (Å²) in [5, 5.41) is 0. The van der Waals surface area contributed by atoms with Crippen LogP contribution < -0.4 is 34.4 Å². The van der Waals surface area contributed by atoms with Crippen LogP contribution in [-0.4, -0.2) is 54.8 Å². The average molecular weight is 256 g/mol. The van der Waals surface area contributed by atoms with E-state index in [-0.39, 0.29) is 19.6 Å². The minimum atomic E-state index is -0.834. The molecule has 0 spiro atoms. The molecule has 0 saturated carbocycles. The molecule has 104 valence electrons. The maximum atomic E-state index is 5.94. The quantitative estimate of drug-likeness (QED) is 0.286. The lowest BCUT2D eigenvalue weighted by molar-refractivity contribution is 0.405. The van der Waals surface area contributed by atoms with E-state index in [4.69, 9.17) is 34.4 Å². The maximum absolute atomic E-state index is 5.94. The van der Waals surface area contributed by atoms with Gasteiger partial charge >= 0.3 is 0 Å². The van der Waals surface area contributed by atoms with Gasteiger partial charge in [0.15, 0.2) is 5.66 Å². The molecule has 1 aliphatic rings. The first kappa shape index (κ1) is 15.2. The molecule has 3 atom stereocenters. The second kappa shape index (κ2) is 5.83. The van der Waals surface area contributed by atoms with E-state index >= 15 is 0 Å². The monoisotopic (exact) mass is 256 g/mol. The number of hydrogen-bond acceptors (Lipinski definition) is 8. The Labute approximate surface area is 107 Å². The topological polar surface area (TPSA) is 181 Å². The van der Waals surface area contributed by atoms with Crippen LogP contribution in [-0.2, 0) is 0 Å². The molecule has 0 aromatic carbocycles. The first-order valence-electron chi connectivity index (χ1n) is 5.96. The molecule has 8 heteroatoms. The van der Waals surface area contributed by atoms with Crippen LogP contribution >= 0.6 is 0 Å². The summed E-state index contributed by atoms with van der Waals surface area (Å²) < 4.78 is 0. The van der Waals surface area contributed by atoms with E-state index in [1.807, 2.05) is 0 Å². The second-order valence-electron chi connectivity index (χ2n) is 4.61. The van der Waals surface area contributed by atoms with Crippen LogP contribution in [0.3, 0.4) is 0 Å². The number of nitrogens with two attached hydrogens (primary N) is 6. The van der Waals surface area contributed by atoms with Gasteiger partial charge in [0.25, 0.3) is 0 Å². The molecule has 18 heavy (non-hydrogen) atoms. The van der Waals surface area contributed by atoms with Gasteiger partial charge in [-0.15, -0.1) is 0 Å². The van der Waals surface area contributed by atoms with Gasteiger partial charge in [-0.2, -0.15) is 0 Å². The van der Waals surface area contributed by atoms with E-state index < -0.39 is 23.8 Å². The zero-order valence-electron chi connectivity index (χ0n) is 10.7. The lowest BCUT2D eigenvalue weighted by Crippen LogP contribution is -2.49. The van der Waals surface area contributed by atoms with Crippen molar-refractivity contribution in [2.45, 2.75) is 30.7 Å². The van der Waals surface area contributed by atoms with E-state index in [9.17, 15) is 0 Å². The van der Waals surface area contributed by atoms with Crippen LogP contribution in [0.5, 0.6) is 0 Å². The molecule has 0 saturated heterocycles. The lowest BCUT2D eigenvalue weighted by atomic mass is 10.0. The summed E-state index contributed by atoms with van der Waals surface area (Å²) in [6, 6.07) is -1.25. The normalized spacial score (nSPS) is 28.6. The summed E-state index contributed by atoms with van der Waals surface area (Å²) >= 11 is 0. The van der Waals surface area contributed by atoms with Crippen LogP contribution in [0.15, 0.2) is 9.98 Å². The van der Waals surface area contributed by atoms with Crippen molar-refractivity contribution in [1.82, 2.24) is 0 Å². The first-order valence-corrected chi connectivity index (χ1v) is 5.96. The third-order valence-corrected chi connectivity index (χ3v) is 3.12. The van der Waals surface area contributed by atoms with Gasteiger partial charge in [-0.3, -0.25) is 9.98 Å². The predicted octanol–water partition coefficient (Wildman–Crippen LogP) is -3.54. The van der Waals surface area contributed by atoms with Crippen molar-refractivity contribution in [3.63, 3.8) is 0 Å². The molecule has 0 amide bonds. The predicted molar refractivity (Wildman–Crippen MR) is 74.4 cm³/mol. The summed E-state index contributed by atoms with van der Waals surface area (Å²) in [5.74, 6) is 0. The summed E-state index contributed by atoms with van der Waals surface area (Å²) in [6.45, 7) is 2.57. The molecule has 3 unspecified atom stereocenters. The molecule has 1 aliphatic heterocycles. The zero-order valence-corrected chi connectivity index (χ0v) is 10.7. The Bertz CT molecular complexity index is 324. The van der Waals surface area contributed by atoms with Crippen LogP contribution in [0.4, 0.5) is 0 Å². The molecule has 0 radical (unpaired) electrons. The van der Waals surface area contributed by atoms with Gasteiger partial charge in [-0.05, 0) is 6.92 Å². The molecule has 1 rings (SSSR count). The Morgan fingerprint density at radius 2 is 1.28 bits per heavy atom. The standard InChI is InChI=1S/C10H24N8/c1-10(7(16)4-13)17-8(5(14)2-11)9(18-10)6(15)3-12/h5-7H,2-4,11-16H2,1H3. The van der Waals surface area contributed by atoms with Crippen LogP contribution in [0.1, 0.15) is 6.92 Å². The van der Waals surface area contributed by atoms with Crippen molar-refractivity contribution >= 4 is 11.4 Å². The van der Waals surface area contributed by atoms with E-state index in [0.29, 0.717) is 11.4 Å². The highest BCUT2D eigenvalue weighted by Gasteiger charge is 2.39. The van der Waals surface area contributed by atoms with Gasteiger partial charge in [0.1, 0.15) is 0 Å². The number of nitrogens with zero attached hydrogens (tertiary/aromatic N) is 2. The van der Waals surface area contributed by atoms with E-state index in [2.05, 4.69) is 9.98 Å². The third kappa shape index (κ3) is 2.74. The van der Waals surface area contributed by atoms with Crippen molar-refractivity contribution in [3.05, 3.63) is 0 Å². The third-order valence-electron chi connectivity index (χ3n) is 3.12. The fourth-order valence-corrected chi connectivity index (χ4v) is 1.79. The largest absolute Gasteiger partial charge is 0.329 e. The molecule has 0 aromatic heterocycles. The Morgan fingerprint density at radius 3 is 1.56 bits per heavy atom. The van der Waals surface area contributed by atoms with Gasteiger partial charge in [-0.25, -0.2) is 0 Å². The molecule has 0 aliphatic carbocycles. The Hall–Kier alpha value is -0.900. The minimum absolute atomic E-state index is 0.253. The highest BCUT2D eigenvalue weighted by Crippen LogP contribution is 2.23. The second-order valence-corrected chi connectivity index (χ2v) is 4.61. The van der Waals surface area contributed by atoms with Crippen molar-refractivity contribution in [1.29, 1.82) is 0 Å². The van der Waals surface area contributed by atoms with E-state index in [1.54, 1.807) is 6.92 Å².